The van der Waals surface area contributed by atoms with Crippen molar-refractivity contribution in [2.75, 3.05) is 23.1 Å². The number of rotatable bonds is 5. The number of ether oxygens (including phenoxy) is 1. The van der Waals surface area contributed by atoms with Crippen LogP contribution in [-0.4, -0.2) is 23.8 Å². The van der Waals surface area contributed by atoms with Crippen molar-refractivity contribution in [3.8, 4) is 5.75 Å². The summed E-state index contributed by atoms with van der Waals surface area (Å²) in [6.45, 7) is 0. The number of non-ortho nitro benzene ring substituents is 1. The van der Waals surface area contributed by atoms with Gasteiger partial charge >= 0.3 is 11.8 Å². The molecule has 9 heteroatoms. The molecular formula is C21H18N4O5. The van der Waals surface area contributed by atoms with Gasteiger partial charge in [0.05, 0.1) is 17.7 Å². The minimum Gasteiger partial charge on any atom is -0.495 e. The van der Waals surface area contributed by atoms with Crippen LogP contribution in [0.15, 0.2) is 72.8 Å². The Hall–Kier alpha value is -4.40. The summed E-state index contributed by atoms with van der Waals surface area (Å²) in [4.78, 5) is 37.5. The van der Waals surface area contributed by atoms with E-state index in [9.17, 15) is 19.7 Å². The summed E-state index contributed by atoms with van der Waals surface area (Å²) in [7, 11) is 1.35. The van der Waals surface area contributed by atoms with Crippen LogP contribution in [0, 0.1) is 10.1 Å². The average molecular weight is 406 g/mol. The first-order valence-electron chi connectivity index (χ1n) is 8.79. The van der Waals surface area contributed by atoms with Crippen molar-refractivity contribution in [3.05, 3.63) is 82.9 Å². The Labute approximate surface area is 171 Å². The summed E-state index contributed by atoms with van der Waals surface area (Å²) in [5.41, 5.74) is 6.88. The van der Waals surface area contributed by atoms with Crippen LogP contribution in [0.4, 0.5) is 28.4 Å². The van der Waals surface area contributed by atoms with Gasteiger partial charge in [0.25, 0.3) is 5.69 Å². The highest BCUT2D eigenvalue weighted by atomic mass is 16.6. The van der Waals surface area contributed by atoms with Crippen LogP contribution in [0.3, 0.4) is 0 Å². The molecule has 30 heavy (non-hydrogen) atoms. The SMILES string of the molecule is COc1ccc([N+](=O)[O-])cc1NC(=O)C(=O)N(c1ccccc1)c1ccc(N)cc1. The van der Waals surface area contributed by atoms with Crippen molar-refractivity contribution < 1.29 is 19.2 Å². The Morgan fingerprint density at radius 2 is 1.63 bits per heavy atom. The van der Waals surface area contributed by atoms with Crippen molar-refractivity contribution in [3.63, 3.8) is 0 Å². The van der Waals surface area contributed by atoms with E-state index in [0.29, 0.717) is 17.1 Å². The number of carbonyl (C=O) groups excluding carboxylic acids is 2. The van der Waals surface area contributed by atoms with Crippen LogP contribution in [0.1, 0.15) is 0 Å². The maximum absolute atomic E-state index is 13.1. The molecule has 0 aliphatic carbocycles. The number of carbonyl (C=O) groups is 2. The largest absolute Gasteiger partial charge is 0.495 e. The van der Waals surface area contributed by atoms with Crippen LogP contribution in [0.2, 0.25) is 0 Å². The van der Waals surface area contributed by atoms with E-state index in [4.69, 9.17) is 10.5 Å². The second kappa shape index (κ2) is 8.74. The zero-order valence-corrected chi connectivity index (χ0v) is 15.9. The predicted octanol–water partition coefficient (Wildman–Crippen LogP) is 3.49. The second-order valence-corrected chi connectivity index (χ2v) is 6.16. The lowest BCUT2D eigenvalue weighted by Gasteiger charge is -2.22. The standard InChI is InChI=1S/C21H18N4O5/c1-30-19-12-11-17(25(28)29)13-18(19)23-20(26)21(27)24(15-5-3-2-4-6-15)16-9-7-14(22)8-10-16/h2-13H,22H2,1H3,(H,23,26). The Morgan fingerprint density at radius 3 is 2.23 bits per heavy atom. The van der Waals surface area contributed by atoms with E-state index in [2.05, 4.69) is 5.32 Å². The van der Waals surface area contributed by atoms with Gasteiger partial charge in [-0.25, -0.2) is 0 Å². The number of nitro benzene ring substituents is 1. The maximum Gasteiger partial charge on any atom is 0.321 e. The van der Waals surface area contributed by atoms with Gasteiger partial charge in [-0.1, -0.05) is 18.2 Å². The lowest BCUT2D eigenvalue weighted by Crippen LogP contribution is -2.36. The number of hydrogen-bond acceptors (Lipinski definition) is 6. The van der Waals surface area contributed by atoms with Crippen LogP contribution in [0.5, 0.6) is 5.75 Å². The molecule has 152 valence electrons. The van der Waals surface area contributed by atoms with Gasteiger partial charge in [-0.2, -0.15) is 0 Å². The summed E-state index contributed by atoms with van der Waals surface area (Å²) in [5.74, 6) is -1.70. The second-order valence-electron chi connectivity index (χ2n) is 6.16. The molecule has 0 aliphatic rings. The molecule has 3 aromatic rings. The molecule has 0 spiro atoms. The van der Waals surface area contributed by atoms with Crippen molar-refractivity contribution in [2.45, 2.75) is 0 Å². The van der Waals surface area contributed by atoms with E-state index < -0.39 is 16.7 Å². The number of anilines is 4. The third-order valence-electron chi connectivity index (χ3n) is 4.21. The molecule has 0 atom stereocenters. The summed E-state index contributed by atoms with van der Waals surface area (Å²) in [6.07, 6.45) is 0. The third kappa shape index (κ3) is 4.36. The number of benzene rings is 3. The zero-order valence-electron chi connectivity index (χ0n) is 15.9. The van der Waals surface area contributed by atoms with Gasteiger partial charge in [-0.3, -0.25) is 24.6 Å². The number of hydrogen-bond donors (Lipinski definition) is 2. The first-order valence-corrected chi connectivity index (χ1v) is 8.79. The molecule has 3 N–H and O–H groups in total. The lowest BCUT2D eigenvalue weighted by atomic mass is 10.2. The van der Waals surface area contributed by atoms with Crippen molar-refractivity contribution in [2.24, 2.45) is 0 Å². The molecule has 2 amide bonds. The van der Waals surface area contributed by atoms with Gasteiger partial charge in [0.2, 0.25) is 0 Å². The maximum atomic E-state index is 13.1. The topological polar surface area (TPSA) is 128 Å². The molecule has 0 aromatic heterocycles. The molecule has 0 saturated carbocycles. The van der Waals surface area contributed by atoms with Crippen molar-refractivity contribution >= 4 is 40.3 Å². The summed E-state index contributed by atoms with van der Waals surface area (Å²) in [5, 5.41) is 13.4. The molecule has 0 aliphatic heterocycles. The Balaban J connectivity index is 1.95. The Morgan fingerprint density at radius 1 is 1.00 bits per heavy atom. The van der Waals surface area contributed by atoms with Gasteiger partial charge in [0.1, 0.15) is 5.75 Å². The van der Waals surface area contributed by atoms with Crippen molar-refractivity contribution in [1.29, 1.82) is 0 Å². The predicted molar refractivity (Wildman–Crippen MR) is 113 cm³/mol. The van der Waals surface area contributed by atoms with E-state index >= 15 is 0 Å². The van der Waals surface area contributed by atoms with Crippen LogP contribution < -0.4 is 20.7 Å². The molecular weight excluding hydrogens is 388 g/mol. The fourth-order valence-electron chi connectivity index (χ4n) is 2.77. The van der Waals surface area contributed by atoms with Crippen LogP contribution in [-0.2, 0) is 9.59 Å². The molecule has 0 unspecified atom stereocenters. The molecule has 0 bridgehead atoms. The number of nitrogens with two attached hydrogens (primary N) is 1. The minimum absolute atomic E-state index is 0.00960. The van der Waals surface area contributed by atoms with Gasteiger partial charge in [-0.15, -0.1) is 0 Å². The normalized spacial score (nSPS) is 10.2. The molecule has 3 rings (SSSR count). The number of amides is 2. The van der Waals surface area contributed by atoms with Crippen molar-refractivity contribution in [1.82, 2.24) is 0 Å². The van der Waals surface area contributed by atoms with E-state index in [1.54, 1.807) is 54.6 Å². The molecule has 9 nitrogen and oxygen atoms in total. The van der Waals surface area contributed by atoms with E-state index in [1.807, 2.05) is 0 Å². The number of nitro groups is 1. The summed E-state index contributed by atoms with van der Waals surface area (Å²) in [6, 6.07) is 18.7. The Kier molecular flexibility index (Phi) is 5.92. The van der Waals surface area contributed by atoms with Crippen LogP contribution in [0.25, 0.3) is 0 Å². The zero-order chi connectivity index (χ0) is 21.7. The monoisotopic (exact) mass is 406 g/mol. The van der Waals surface area contributed by atoms with E-state index in [-0.39, 0.29) is 17.1 Å². The van der Waals surface area contributed by atoms with E-state index in [1.165, 1.54) is 24.1 Å². The quantitative estimate of drug-likeness (QED) is 0.289. The minimum atomic E-state index is -0.991. The van der Waals surface area contributed by atoms with Gasteiger partial charge < -0.3 is 15.8 Å². The molecule has 0 saturated heterocycles. The fourth-order valence-corrected chi connectivity index (χ4v) is 2.77. The van der Waals surface area contributed by atoms with Gasteiger partial charge in [0.15, 0.2) is 0 Å². The number of nitrogens with zero attached hydrogens (tertiary/aromatic N) is 2. The molecule has 0 radical (unpaired) electrons. The van der Waals surface area contributed by atoms with Gasteiger partial charge in [-0.05, 0) is 42.5 Å². The number of methoxy groups -OCH3 is 1. The van der Waals surface area contributed by atoms with Crippen LogP contribution >= 0.6 is 0 Å². The lowest BCUT2D eigenvalue weighted by molar-refractivity contribution is -0.384. The summed E-state index contributed by atoms with van der Waals surface area (Å²) >= 11 is 0. The molecule has 3 aromatic carbocycles. The highest BCUT2D eigenvalue weighted by molar-refractivity contribution is 6.45. The smallest absolute Gasteiger partial charge is 0.321 e. The average Bonchev–Trinajstić information content (AvgIpc) is 2.75. The van der Waals surface area contributed by atoms with E-state index in [0.717, 1.165) is 6.07 Å². The summed E-state index contributed by atoms with van der Waals surface area (Å²) < 4.78 is 5.13. The third-order valence-corrected chi connectivity index (χ3v) is 4.21. The fraction of sp³-hybridized carbons (Fsp3) is 0.0476. The number of nitrogen functional groups attached to an aromatic ring is 1. The van der Waals surface area contributed by atoms with Gasteiger partial charge in [0, 0.05) is 29.2 Å². The molecule has 0 heterocycles. The number of para-hydroxylation sites is 1. The number of nitrogens with one attached hydrogen (secondary N) is 1. The Bertz CT molecular complexity index is 1080. The highest BCUT2D eigenvalue weighted by Crippen LogP contribution is 2.30. The highest BCUT2D eigenvalue weighted by Gasteiger charge is 2.26. The first kappa shape index (κ1) is 20.3. The first-order chi connectivity index (χ1) is 14.4. The molecule has 0 fully saturated rings.